The summed E-state index contributed by atoms with van der Waals surface area (Å²) in [6.07, 6.45) is 3.74. The first-order chi connectivity index (χ1) is 7.31. The lowest BCUT2D eigenvalue weighted by Gasteiger charge is -2.26. The maximum absolute atomic E-state index is 3.68. The van der Waals surface area contributed by atoms with Crippen LogP contribution in [0.15, 0.2) is 24.3 Å². The first-order valence-corrected chi connectivity index (χ1v) is 6.12. The fraction of sp³-hybridized carbons (Fsp3) is 0.571. The van der Waals surface area contributed by atoms with Crippen molar-refractivity contribution >= 4 is 0 Å². The highest BCUT2D eigenvalue weighted by atomic mass is 14.9. The largest absolute Gasteiger partial charge is 0.310 e. The molecule has 1 aromatic carbocycles. The number of aryl methyl sites for hydroxylation is 1. The van der Waals surface area contributed by atoms with Gasteiger partial charge in [0.15, 0.2) is 0 Å². The van der Waals surface area contributed by atoms with E-state index in [4.69, 9.17) is 0 Å². The third kappa shape index (κ3) is 2.40. The topological polar surface area (TPSA) is 12.0 Å². The number of rotatable bonds is 1. The molecule has 0 saturated carbocycles. The molecule has 0 bridgehead atoms. The monoisotopic (exact) mass is 203 g/mol. The molecule has 2 unspecified atom stereocenters. The number of benzene rings is 1. The molecule has 1 N–H and O–H groups in total. The average molecular weight is 203 g/mol. The highest BCUT2D eigenvalue weighted by Gasteiger charge is 2.17. The third-order valence-electron chi connectivity index (χ3n) is 3.46. The van der Waals surface area contributed by atoms with Crippen LogP contribution in [-0.2, 0) is 6.42 Å². The molecule has 0 aromatic heterocycles. The maximum Gasteiger partial charge on any atom is 0.0320 e. The lowest BCUT2D eigenvalue weighted by Crippen LogP contribution is -2.29. The third-order valence-corrected chi connectivity index (χ3v) is 3.46. The fourth-order valence-corrected chi connectivity index (χ4v) is 2.42. The van der Waals surface area contributed by atoms with Gasteiger partial charge in [0.25, 0.3) is 0 Å². The van der Waals surface area contributed by atoms with Gasteiger partial charge in [0.1, 0.15) is 0 Å². The van der Waals surface area contributed by atoms with Crippen LogP contribution in [0.5, 0.6) is 0 Å². The molecule has 0 saturated heterocycles. The molecule has 0 amide bonds. The zero-order valence-electron chi connectivity index (χ0n) is 9.79. The second kappa shape index (κ2) is 4.80. The number of hydrogen-bond acceptors (Lipinski definition) is 1. The van der Waals surface area contributed by atoms with Gasteiger partial charge in [0.2, 0.25) is 0 Å². The van der Waals surface area contributed by atoms with Gasteiger partial charge in [-0.25, -0.2) is 0 Å². The van der Waals surface area contributed by atoms with Gasteiger partial charge in [-0.2, -0.15) is 0 Å². The van der Waals surface area contributed by atoms with Gasteiger partial charge in [0.05, 0.1) is 0 Å². The summed E-state index contributed by atoms with van der Waals surface area (Å²) >= 11 is 0. The van der Waals surface area contributed by atoms with Crippen LogP contribution >= 0.6 is 0 Å². The quantitative estimate of drug-likeness (QED) is 0.738. The van der Waals surface area contributed by atoms with Crippen LogP contribution in [0.2, 0.25) is 0 Å². The summed E-state index contributed by atoms with van der Waals surface area (Å²) < 4.78 is 0. The lowest BCUT2D eigenvalue weighted by atomic mass is 9.90. The first-order valence-electron chi connectivity index (χ1n) is 6.12. The predicted molar refractivity (Wildman–Crippen MR) is 65.0 cm³/mol. The van der Waals surface area contributed by atoms with Crippen molar-refractivity contribution in [2.75, 3.05) is 6.54 Å². The Labute approximate surface area is 92.9 Å². The molecule has 1 nitrogen and oxygen atoms in total. The smallest absolute Gasteiger partial charge is 0.0320 e. The van der Waals surface area contributed by atoms with Gasteiger partial charge < -0.3 is 5.32 Å². The van der Waals surface area contributed by atoms with Crippen molar-refractivity contribution < 1.29 is 0 Å². The molecule has 1 heteroatoms. The molecule has 1 aliphatic rings. The Bertz CT molecular complexity index is 319. The van der Waals surface area contributed by atoms with Crippen molar-refractivity contribution in [2.45, 2.75) is 39.2 Å². The van der Waals surface area contributed by atoms with Crippen molar-refractivity contribution in [3.8, 4) is 0 Å². The normalized spacial score (nSPS) is 26.5. The lowest BCUT2D eigenvalue weighted by molar-refractivity contribution is 0.411. The SMILES string of the molecule is CCC1NCC(C)CCc2ccccc21. The van der Waals surface area contributed by atoms with Gasteiger partial charge in [-0.15, -0.1) is 0 Å². The van der Waals surface area contributed by atoms with Gasteiger partial charge in [-0.3, -0.25) is 0 Å². The van der Waals surface area contributed by atoms with Gasteiger partial charge >= 0.3 is 0 Å². The molecule has 1 aliphatic heterocycles. The van der Waals surface area contributed by atoms with E-state index < -0.39 is 0 Å². The fourth-order valence-electron chi connectivity index (χ4n) is 2.42. The van der Waals surface area contributed by atoms with Crippen LogP contribution in [0, 0.1) is 5.92 Å². The Morgan fingerprint density at radius 3 is 2.93 bits per heavy atom. The summed E-state index contributed by atoms with van der Waals surface area (Å²) in [5, 5.41) is 3.68. The minimum atomic E-state index is 0.559. The van der Waals surface area contributed by atoms with E-state index in [0.29, 0.717) is 6.04 Å². The molecular weight excluding hydrogens is 182 g/mol. The molecule has 1 heterocycles. The van der Waals surface area contributed by atoms with Crippen molar-refractivity contribution in [3.05, 3.63) is 35.4 Å². The van der Waals surface area contributed by atoms with Crippen LogP contribution in [-0.4, -0.2) is 6.54 Å². The summed E-state index contributed by atoms with van der Waals surface area (Å²) in [6.45, 7) is 5.77. The maximum atomic E-state index is 3.68. The second-order valence-corrected chi connectivity index (χ2v) is 4.71. The number of hydrogen-bond donors (Lipinski definition) is 1. The molecule has 2 rings (SSSR count). The predicted octanol–water partition coefficient (Wildman–Crippen LogP) is 3.31. The Balaban J connectivity index is 2.29. The Hall–Kier alpha value is -0.820. The zero-order valence-corrected chi connectivity index (χ0v) is 9.79. The minimum Gasteiger partial charge on any atom is -0.310 e. The second-order valence-electron chi connectivity index (χ2n) is 4.71. The Morgan fingerprint density at radius 2 is 2.13 bits per heavy atom. The van der Waals surface area contributed by atoms with Crippen LogP contribution in [0.4, 0.5) is 0 Å². The molecule has 15 heavy (non-hydrogen) atoms. The molecule has 1 aromatic rings. The van der Waals surface area contributed by atoms with Crippen LogP contribution in [0.3, 0.4) is 0 Å². The molecular formula is C14H21N. The van der Waals surface area contributed by atoms with Gasteiger partial charge in [0, 0.05) is 6.04 Å². The van der Waals surface area contributed by atoms with Gasteiger partial charge in [-0.05, 0) is 42.9 Å². The zero-order chi connectivity index (χ0) is 10.7. The van der Waals surface area contributed by atoms with E-state index in [9.17, 15) is 0 Å². The molecule has 0 spiro atoms. The molecule has 0 aliphatic carbocycles. The van der Waals surface area contributed by atoms with Crippen LogP contribution in [0.1, 0.15) is 43.9 Å². The average Bonchev–Trinajstić information content (AvgIpc) is 2.26. The van der Waals surface area contributed by atoms with Crippen molar-refractivity contribution in [1.29, 1.82) is 0 Å². The summed E-state index contributed by atoms with van der Waals surface area (Å²) in [7, 11) is 0. The van der Waals surface area contributed by atoms with Crippen molar-refractivity contribution in [1.82, 2.24) is 5.32 Å². The van der Waals surface area contributed by atoms with Crippen molar-refractivity contribution in [3.63, 3.8) is 0 Å². The standard InChI is InChI=1S/C14H21N/c1-3-14-13-7-5-4-6-12(13)9-8-11(2)10-15-14/h4-7,11,14-15H,3,8-10H2,1-2H3. The van der Waals surface area contributed by atoms with E-state index in [0.717, 1.165) is 12.5 Å². The summed E-state index contributed by atoms with van der Waals surface area (Å²) in [5.74, 6) is 0.799. The Morgan fingerprint density at radius 1 is 1.33 bits per heavy atom. The number of nitrogens with one attached hydrogen (secondary N) is 1. The van der Waals surface area contributed by atoms with E-state index in [-0.39, 0.29) is 0 Å². The van der Waals surface area contributed by atoms with E-state index in [1.165, 1.54) is 24.8 Å². The van der Waals surface area contributed by atoms with E-state index in [1.54, 1.807) is 5.56 Å². The summed E-state index contributed by atoms with van der Waals surface area (Å²) in [4.78, 5) is 0. The summed E-state index contributed by atoms with van der Waals surface area (Å²) in [6, 6.07) is 9.46. The van der Waals surface area contributed by atoms with E-state index >= 15 is 0 Å². The molecule has 0 radical (unpaired) electrons. The Kier molecular flexibility index (Phi) is 3.42. The van der Waals surface area contributed by atoms with Crippen LogP contribution < -0.4 is 5.32 Å². The van der Waals surface area contributed by atoms with E-state index in [1.807, 2.05) is 0 Å². The van der Waals surface area contributed by atoms with Gasteiger partial charge in [-0.1, -0.05) is 38.1 Å². The van der Waals surface area contributed by atoms with Crippen LogP contribution in [0.25, 0.3) is 0 Å². The minimum absolute atomic E-state index is 0.559. The summed E-state index contributed by atoms with van der Waals surface area (Å²) in [5.41, 5.74) is 3.07. The number of fused-ring (bicyclic) bond motifs is 1. The van der Waals surface area contributed by atoms with Crippen molar-refractivity contribution in [2.24, 2.45) is 5.92 Å². The highest BCUT2D eigenvalue weighted by molar-refractivity contribution is 5.30. The van der Waals surface area contributed by atoms with E-state index in [2.05, 4.69) is 43.4 Å². The first kappa shape index (κ1) is 10.7. The molecule has 2 atom stereocenters. The molecule has 0 fully saturated rings. The molecule has 82 valence electrons. The highest BCUT2D eigenvalue weighted by Crippen LogP contribution is 2.25.